The SMILES string of the molecule is C=COC(CCO[SiH](C)C)c1ccc(OCc2ccc(Cl)c(Cl)c2)cc1. The van der Waals surface area contributed by atoms with E-state index in [-0.39, 0.29) is 6.10 Å². The highest BCUT2D eigenvalue weighted by Crippen LogP contribution is 2.26. The minimum absolute atomic E-state index is 0.0654. The van der Waals surface area contributed by atoms with E-state index in [1.54, 1.807) is 6.07 Å². The largest absolute Gasteiger partial charge is 0.494 e. The first-order valence-corrected chi connectivity index (χ1v) is 12.1. The molecule has 0 spiro atoms. The summed E-state index contributed by atoms with van der Waals surface area (Å²) >= 11 is 12.0. The van der Waals surface area contributed by atoms with Gasteiger partial charge in [0.15, 0.2) is 9.04 Å². The lowest BCUT2D eigenvalue weighted by molar-refractivity contribution is 0.117. The maximum absolute atomic E-state index is 6.02. The fraction of sp³-hybridized carbons (Fsp3) is 0.300. The summed E-state index contributed by atoms with van der Waals surface area (Å²) in [5, 5.41) is 1.07. The van der Waals surface area contributed by atoms with Gasteiger partial charge in [0.1, 0.15) is 18.5 Å². The third-order valence-corrected chi connectivity index (χ3v) is 5.37. The van der Waals surface area contributed by atoms with E-state index in [9.17, 15) is 0 Å². The fourth-order valence-corrected chi connectivity index (χ4v) is 3.34. The molecule has 0 aromatic heterocycles. The van der Waals surface area contributed by atoms with Crippen molar-refractivity contribution in [3.8, 4) is 5.75 Å². The van der Waals surface area contributed by atoms with Crippen molar-refractivity contribution >= 4 is 32.2 Å². The Morgan fingerprint density at radius 3 is 2.42 bits per heavy atom. The van der Waals surface area contributed by atoms with E-state index in [0.29, 0.717) is 23.3 Å². The second kappa shape index (κ2) is 10.6. The highest BCUT2D eigenvalue weighted by atomic mass is 35.5. The molecule has 0 saturated carbocycles. The van der Waals surface area contributed by atoms with Gasteiger partial charge in [-0.25, -0.2) is 0 Å². The average molecular weight is 411 g/mol. The highest BCUT2D eigenvalue weighted by molar-refractivity contribution is 6.48. The maximum atomic E-state index is 6.02. The smallest absolute Gasteiger partial charge is 0.170 e. The van der Waals surface area contributed by atoms with Crippen molar-refractivity contribution < 1.29 is 13.9 Å². The van der Waals surface area contributed by atoms with Gasteiger partial charge >= 0.3 is 0 Å². The third-order valence-electron chi connectivity index (χ3n) is 3.73. The number of benzene rings is 2. The normalized spacial score (nSPS) is 12.0. The van der Waals surface area contributed by atoms with E-state index >= 15 is 0 Å². The number of hydrogen-bond acceptors (Lipinski definition) is 3. The van der Waals surface area contributed by atoms with E-state index in [2.05, 4.69) is 19.7 Å². The predicted octanol–water partition coefficient (Wildman–Crippen LogP) is 6.16. The van der Waals surface area contributed by atoms with Gasteiger partial charge in [-0.1, -0.05) is 48.0 Å². The number of ether oxygens (including phenoxy) is 2. The topological polar surface area (TPSA) is 27.7 Å². The monoisotopic (exact) mass is 410 g/mol. The first kappa shape index (κ1) is 20.8. The molecule has 1 atom stereocenters. The minimum atomic E-state index is -1.02. The van der Waals surface area contributed by atoms with Crippen LogP contribution in [0.4, 0.5) is 0 Å². The third kappa shape index (κ3) is 6.69. The van der Waals surface area contributed by atoms with E-state index in [0.717, 1.165) is 23.3 Å². The Kier molecular flexibility index (Phi) is 8.52. The fourth-order valence-electron chi connectivity index (χ4n) is 2.41. The molecule has 26 heavy (non-hydrogen) atoms. The quantitative estimate of drug-likeness (QED) is 0.346. The van der Waals surface area contributed by atoms with E-state index in [4.69, 9.17) is 37.1 Å². The first-order valence-electron chi connectivity index (χ1n) is 8.54. The van der Waals surface area contributed by atoms with Crippen LogP contribution in [0.3, 0.4) is 0 Å². The van der Waals surface area contributed by atoms with E-state index < -0.39 is 9.04 Å². The van der Waals surface area contributed by atoms with Crippen LogP contribution in [0.2, 0.25) is 23.1 Å². The van der Waals surface area contributed by atoms with Crippen LogP contribution in [0.15, 0.2) is 55.3 Å². The summed E-state index contributed by atoms with van der Waals surface area (Å²) in [6.07, 6.45) is 2.21. The maximum Gasteiger partial charge on any atom is 0.170 e. The van der Waals surface area contributed by atoms with Crippen molar-refractivity contribution in [3.63, 3.8) is 0 Å². The van der Waals surface area contributed by atoms with Crippen LogP contribution < -0.4 is 4.74 Å². The molecule has 0 amide bonds. The summed E-state index contributed by atoms with van der Waals surface area (Å²) in [6, 6.07) is 13.4. The van der Waals surface area contributed by atoms with Gasteiger partial charge in [0, 0.05) is 13.0 Å². The second-order valence-electron chi connectivity index (χ2n) is 6.11. The molecule has 0 aliphatic heterocycles. The van der Waals surface area contributed by atoms with Crippen LogP contribution in [-0.2, 0) is 15.8 Å². The zero-order valence-electron chi connectivity index (χ0n) is 15.1. The van der Waals surface area contributed by atoms with Crippen LogP contribution >= 0.6 is 23.2 Å². The molecule has 0 aliphatic rings. The van der Waals surface area contributed by atoms with Crippen molar-refractivity contribution in [3.05, 3.63) is 76.5 Å². The van der Waals surface area contributed by atoms with Crippen molar-refractivity contribution in [2.45, 2.75) is 32.2 Å². The van der Waals surface area contributed by atoms with Crippen molar-refractivity contribution in [1.82, 2.24) is 0 Å². The molecule has 0 fully saturated rings. The van der Waals surface area contributed by atoms with Gasteiger partial charge < -0.3 is 13.9 Å². The van der Waals surface area contributed by atoms with Crippen LogP contribution in [0.1, 0.15) is 23.7 Å². The Bertz CT molecular complexity index is 705. The molecule has 0 radical (unpaired) electrons. The summed E-state index contributed by atoms with van der Waals surface area (Å²) in [5.41, 5.74) is 2.03. The standard InChI is InChI=1S/C20H24Cl2O3Si/c1-4-23-20(11-12-25-26(2)3)16-6-8-17(9-7-16)24-14-15-5-10-18(21)19(22)13-15/h4-10,13,20,26H,1,11-12,14H2,2-3H3. The molecule has 3 nitrogen and oxygen atoms in total. The Morgan fingerprint density at radius 2 is 1.81 bits per heavy atom. The molecule has 6 heteroatoms. The molecular weight excluding hydrogens is 387 g/mol. The van der Waals surface area contributed by atoms with Gasteiger partial charge in [0.25, 0.3) is 0 Å². The number of halogens is 2. The summed E-state index contributed by atoms with van der Waals surface area (Å²) < 4.78 is 17.2. The predicted molar refractivity (Wildman–Crippen MR) is 111 cm³/mol. The van der Waals surface area contributed by atoms with Gasteiger partial charge in [0.2, 0.25) is 0 Å². The molecule has 2 rings (SSSR count). The zero-order chi connectivity index (χ0) is 18.9. The van der Waals surface area contributed by atoms with Crippen LogP contribution in [0.5, 0.6) is 5.75 Å². The highest BCUT2D eigenvalue weighted by Gasteiger charge is 2.12. The lowest BCUT2D eigenvalue weighted by atomic mass is 10.1. The molecule has 1 unspecified atom stereocenters. The second-order valence-corrected chi connectivity index (χ2v) is 9.35. The molecule has 0 aliphatic carbocycles. The van der Waals surface area contributed by atoms with Crippen LogP contribution in [0.25, 0.3) is 0 Å². The molecule has 0 saturated heterocycles. The summed E-state index contributed by atoms with van der Waals surface area (Å²) in [6.45, 7) is 9.09. The van der Waals surface area contributed by atoms with Gasteiger partial charge in [-0.3, -0.25) is 0 Å². The van der Waals surface area contributed by atoms with Crippen LogP contribution in [-0.4, -0.2) is 15.6 Å². The summed E-state index contributed by atoms with van der Waals surface area (Å²) in [4.78, 5) is 0. The van der Waals surface area contributed by atoms with Crippen LogP contribution in [0, 0.1) is 0 Å². The van der Waals surface area contributed by atoms with Gasteiger partial charge in [0.05, 0.1) is 16.3 Å². The molecular formula is C20H24Cl2O3Si. The molecule has 0 heterocycles. The summed E-state index contributed by atoms with van der Waals surface area (Å²) in [7, 11) is -1.02. The minimum Gasteiger partial charge on any atom is -0.494 e. The number of rotatable bonds is 10. The summed E-state index contributed by atoms with van der Waals surface area (Å²) in [5.74, 6) is 0.781. The molecule has 140 valence electrons. The Morgan fingerprint density at radius 1 is 1.08 bits per heavy atom. The van der Waals surface area contributed by atoms with Gasteiger partial charge in [-0.05, 0) is 48.5 Å². The Labute approximate surface area is 167 Å². The Balaban J connectivity index is 1.94. The lowest BCUT2D eigenvalue weighted by Crippen LogP contribution is -2.12. The van der Waals surface area contributed by atoms with Crippen molar-refractivity contribution in [2.24, 2.45) is 0 Å². The van der Waals surface area contributed by atoms with E-state index in [1.807, 2.05) is 36.4 Å². The average Bonchev–Trinajstić information content (AvgIpc) is 2.62. The van der Waals surface area contributed by atoms with Crippen molar-refractivity contribution in [2.75, 3.05) is 6.61 Å². The zero-order valence-corrected chi connectivity index (χ0v) is 17.7. The van der Waals surface area contributed by atoms with E-state index in [1.165, 1.54) is 6.26 Å². The molecule has 2 aromatic carbocycles. The first-order chi connectivity index (χ1) is 12.5. The Hall–Kier alpha value is -1.46. The molecule has 0 N–H and O–H groups in total. The van der Waals surface area contributed by atoms with Crippen molar-refractivity contribution in [1.29, 1.82) is 0 Å². The molecule has 2 aromatic rings. The lowest BCUT2D eigenvalue weighted by Gasteiger charge is -2.18. The number of hydrogen-bond donors (Lipinski definition) is 0. The van der Waals surface area contributed by atoms with Gasteiger partial charge in [-0.15, -0.1) is 0 Å². The van der Waals surface area contributed by atoms with Gasteiger partial charge in [-0.2, -0.15) is 0 Å². The molecule has 0 bridgehead atoms.